The number of aromatic nitrogens is 2. The van der Waals surface area contributed by atoms with Gasteiger partial charge in [0.15, 0.2) is 11.5 Å². The number of likely N-dealkylation sites (N-methyl/N-ethyl adjacent to an activating group) is 2. The Morgan fingerprint density at radius 3 is 2.58 bits per heavy atom. The van der Waals surface area contributed by atoms with Crippen LogP contribution in [0.3, 0.4) is 0 Å². The second-order valence-electron chi connectivity index (χ2n) is 9.62. The van der Waals surface area contributed by atoms with Gasteiger partial charge in [-0.1, -0.05) is 12.1 Å². The quantitative estimate of drug-likeness (QED) is 0.483. The van der Waals surface area contributed by atoms with E-state index in [4.69, 9.17) is 4.74 Å². The molecular weight excluding hydrogens is 471 g/mol. The lowest BCUT2D eigenvalue weighted by atomic mass is 9.88. The maximum absolute atomic E-state index is 13.6. The molecule has 1 saturated heterocycles. The molecule has 11 heteroatoms. The molecule has 2 unspecified atom stereocenters. The summed E-state index contributed by atoms with van der Waals surface area (Å²) in [6.45, 7) is 1.71. The van der Waals surface area contributed by atoms with Gasteiger partial charge in [0.05, 0.1) is 19.3 Å². The topological polar surface area (TPSA) is 122 Å². The van der Waals surface area contributed by atoms with Crippen LogP contribution < -0.4 is 5.56 Å². The zero-order chi connectivity index (χ0) is 26.4. The zero-order valence-electron chi connectivity index (χ0n) is 20.7. The first-order valence-electron chi connectivity index (χ1n) is 11.7. The molecule has 2 amide bonds. The van der Waals surface area contributed by atoms with Gasteiger partial charge in [0, 0.05) is 27.6 Å². The van der Waals surface area contributed by atoms with Crippen LogP contribution in [0, 0.1) is 12.7 Å². The summed E-state index contributed by atoms with van der Waals surface area (Å²) in [5.74, 6) is -3.14. The molecule has 0 saturated carbocycles. The summed E-state index contributed by atoms with van der Waals surface area (Å²) in [4.78, 5) is 58.6. The van der Waals surface area contributed by atoms with Crippen LogP contribution in [0.1, 0.15) is 46.7 Å². The van der Waals surface area contributed by atoms with E-state index in [1.54, 1.807) is 19.1 Å². The van der Waals surface area contributed by atoms with Crippen molar-refractivity contribution in [2.24, 2.45) is 0 Å². The van der Waals surface area contributed by atoms with Gasteiger partial charge >= 0.3 is 11.8 Å². The number of nitrogens with zero attached hydrogens (tertiary/aromatic N) is 4. The monoisotopic (exact) mass is 500 g/mol. The maximum atomic E-state index is 13.6. The Hall–Kier alpha value is -3.60. The molecule has 0 spiro atoms. The van der Waals surface area contributed by atoms with E-state index in [2.05, 4.69) is 4.98 Å². The fourth-order valence-corrected chi connectivity index (χ4v) is 4.78. The van der Waals surface area contributed by atoms with Crippen LogP contribution in [0.5, 0.6) is 5.75 Å². The van der Waals surface area contributed by atoms with Crippen molar-refractivity contribution >= 4 is 17.6 Å². The smallest absolute Gasteiger partial charge is 0.312 e. The number of ether oxygens (including phenoxy) is 1. The van der Waals surface area contributed by atoms with Crippen LogP contribution in [0.4, 0.5) is 4.39 Å². The van der Waals surface area contributed by atoms with E-state index in [-0.39, 0.29) is 43.7 Å². The molecule has 3 aliphatic rings. The molecule has 2 atom stereocenters. The van der Waals surface area contributed by atoms with Gasteiger partial charge in [-0.3, -0.25) is 23.7 Å². The van der Waals surface area contributed by atoms with Gasteiger partial charge in [-0.2, -0.15) is 0 Å². The molecule has 3 aliphatic heterocycles. The lowest BCUT2D eigenvalue weighted by Gasteiger charge is -2.43. The van der Waals surface area contributed by atoms with Crippen molar-refractivity contribution in [3.63, 3.8) is 0 Å². The molecule has 1 aromatic carbocycles. The largest absolute Gasteiger partial charge is 0.501 e. The normalized spacial score (nSPS) is 20.4. The van der Waals surface area contributed by atoms with E-state index >= 15 is 0 Å². The molecule has 1 aromatic heterocycles. The van der Waals surface area contributed by atoms with Crippen molar-refractivity contribution in [2.75, 3.05) is 27.7 Å². The number of aryl methyl sites for hydroxylation is 2. The molecule has 10 nitrogen and oxygen atoms in total. The van der Waals surface area contributed by atoms with Gasteiger partial charge < -0.3 is 19.6 Å². The van der Waals surface area contributed by atoms with Crippen molar-refractivity contribution in [2.45, 2.75) is 50.8 Å². The summed E-state index contributed by atoms with van der Waals surface area (Å²) in [6, 6.07) is 4.53. The van der Waals surface area contributed by atoms with Gasteiger partial charge in [-0.25, -0.2) is 9.37 Å². The molecule has 2 aromatic rings. The standard InChI is InChI=1S/C25H29FN4O6/c1-14-11-15(5-7-17(14)26)6-8-18(31)19-20(32)21(33)30-12-16-9-10-25(13-36-16,24(30)27-19)29(4)23(35)22(34)28(2)3/h5,7,11,16,32H,6,8-10,12-13H2,1-4H3. The Kier molecular flexibility index (Phi) is 6.70. The number of carbonyl (C=O) groups excluding carboxylic acids is 3. The summed E-state index contributed by atoms with van der Waals surface area (Å²) in [5.41, 5.74) is -1.30. The molecule has 4 heterocycles. The minimum absolute atomic E-state index is 0.0136. The highest BCUT2D eigenvalue weighted by molar-refractivity contribution is 6.34. The van der Waals surface area contributed by atoms with Crippen LogP contribution in [-0.2, 0) is 32.8 Å². The van der Waals surface area contributed by atoms with Crippen LogP contribution in [-0.4, -0.2) is 75.9 Å². The second-order valence-corrected chi connectivity index (χ2v) is 9.62. The lowest BCUT2D eigenvalue weighted by molar-refractivity contribution is -0.159. The first kappa shape index (κ1) is 25.5. The fraction of sp³-hybridized carbons (Fsp3) is 0.480. The van der Waals surface area contributed by atoms with E-state index in [1.807, 2.05) is 0 Å². The lowest BCUT2D eigenvalue weighted by Crippen LogP contribution is -2.56. The van der Waals surface area contributed by atoms with E-state index in [1.165, 1.54) is 36.7 Å². The molecule has 1 N–H and O–H groups in total. The highest BCUT2D eigenvalue weighted by Gasteiger charge is 2.51. The number of fused-ring (bicyclic) bond motifs is 2. The van der Waals surface area contributed by atoms with Gasteiger partial charge in [0.25, 0.3) is 5.56 Å². The summed E-state index contributed by atoms with van der Waals surface area (Å²) >= 11 is 0. The first-order valence-corrected chi connectivity index (χ1v) is 11.7. The minimum atomic E-state index is -1.27. The van der Waals surface area contributed by atoms with E-state index in [0.29, 0.717) is 18.4 Å². The third-order valence-electron chi connectivity index (χ3n) is 7.05. The number of Topliss-reactive ketones (excluding diaryl/α,β-unsaturated/α-hetero) is 1. The Labute approximate surface area is 207 Å². The highest BCUT2D eigenvalue weighted by atomic mass is 19.1. The zero-order valence-corrected chi connectivity index (χ0v) is 20.7. The molecule has 1 fully saturated rings. The van der Waals surface area contributed by atoms with E-state index in [9.17, 15) is 28.7 Å². The number of amides is 2. The second kappa shape index (κ2) is 9.45. The number of hydrogen-bond donors (Lipinski definition) is 1. The Morgan fingerprint density at radius 2 is 1.97 bits per heavy atom. The highest BCUT2D eigenvalue weighted by Crippen LogP contribution is 2.40. The van der Waals surface area contributed by atoms with Crippen molar-refractivity contribution in [1.29, 1.82) is 0 Å². The summed E-state index contributed by atoms with van der Waals surface area (Å²) in [5, 5.41) is 10.6. The number of halogens is 1. The van der Waals surface area contributed by atoms with Crippen LogP contribution >= 0.6 is 0 Å². The molecular formula is C25H29FN4O6. The number of rotatable bonds is 5. The third kappa shape index (κ3) is 4.27. The number of ketones is 1. The van der Waals surface area contributed by atoms with Crippen LogP contribution in [0.25, 0.3) is 0 Å². The Balaban J connectivity index is 1.74. The summed E-state index contributed by atoms with van der Waals surface area (Å²) in [6.07, 6.45) is 0.694. The Bertz CT molecular complexity index is 1300. The number of benzene rings is 1. The number of hydrogen-bond acceptors (Lipinski definition) is 7. The fourth-order valence-electron chi connectivity index (χ4n) is 4.78. The van der Waals surface area contributed by atoms with Crippen molar-refractivity contribution in [3.8, 4) is 5.75 Å². The van der Waals surface area contributed by atoms with Crippen molar-refractivity contribution < 1.29 is 28.6 Å². The molecule has 5 rings (SSSR count). The third-order valence-corrected chi connectivity index (χ3v) is 7.05. The maximum Gasteiger partial charge on any atom is 0.312 e. The van der Waals surface area contributed by atoms with Crippen molar-refractivity contribution in [3.05, 3.63) is 57.0 Å². The first-order chi connectivity index (χ1) is 17.0. The molecule has 2 bridgehead atoms. The Morgan fingerprint density at radius 1 is 1.25 bits per heavy atom. The van der Waals surface area contributed by atoms with E-state index in [0.717, 1.165) is 10.5 Å². The van der Waals surface area contributed by atoms with Gasteiger partial charge in [-0.15, -0.1) is 0 Å². The van der Waals surface area contributed by atoms with Gasteiger partial charge in [0.2, 0.25) is 5.75 Å². The molecule has 36 heavy (non-hydrogen) atoms. The summed E-state index contributed by atoms with van der Waals surface area (Å²) in [7, 11) is 4.36. The predicted molar refractivity (Wildman–Crippen MR) is 126 cm³/mol. The number of aromatic hydroxyl groups is 1. The molecule has 192 valence electrons. The molecule has 0 radical (unpaired) electrons. The van der Waals surface area contributed by atoms with Gasteiger partial charge in [0.1, 0.15) is 17.2 Å². The average Bonchev–Trinajstić information content (AvgIpc) is 3.12. The minimum Gasteiger partial charge on any atom is -0.501 e. The van der Waals surface area contributed by atoms with Crippen LogP contribution in [0.15, 0.2) is 23.0 Å². The number of carbonyl (C=O) groups is 3. The average molecular weight is 501 g/mol. The SMILES string of the molecule is Cc1cc(CCC(=O)c2nc3n(c(=O)c2O)CC2CCC3(N(C)C(=O)C(=O)N(C)C)CO2)ccc1F. The van der Waals surface area contributed by atoms with Gasteiger partial charge in [-0.05, 0) is 43.4 Å². The van der Waals surface area contributed by atoms with Crippen LogP contribution in [0.2, 0.25) is 0 Å². The summed E-state index contributed by atoms with van der Waals surface area (Å²) < 4.78 is 20.7. The van der Waals surface area contributed by atoms with Crippen molar-refractivity contribution in [1.82, 2.24) is 19.4 Å². The molecule has 0 aliphatic carbocycles. The predicted octanol–water partition coefficient (Wildman–Crippen LogP) is 1.15. The van der Waals surface area contributed by atoms with E-state index < -0.39 is 40.1 Å².